The molecule has 0 aliphatic heterocycles. The number of imidazole rings is 1. The van der Waals surface area contributed by atoms with Gasteiger partial charge in [0.05, 0.1) is 6.20 Å². The molecule has 0 spiro atoms. The minimum atomic E-state index is -0.0257. The normalized spacial score (nSPS) is 11.5. The first-order valence-electron chi connectivity index (χ1n) is 6.38. The first kappa shape index (κ1) is 12.8. The zero-order valence-corrected chi connectivity index (χ0v) is 12.1. The maximum absolute atomic E-state index is 12.3. The summed E-state index contributed by atoms with van der Waals surface area (Å²) in [7, 11) is 0. The van der Waals surface area contributed by atoms with Crippen LogP contribution in [-0.2, 0) is 0 Å². The van der Waals surface area contributed by atoms with Crippen molar-refractivity contribution in [1.29, 1.82) is 0 Å². The van der Waals surface area contributed by atoms with Gasteiger partial charge >= 0.3 is 0 Å². The summed E-state index contributed by atoms with van der Waals surface area (Å²) in [6.07, 6.45) is 5.08. The van der Waals surface area contributed by atoms with Gasteiger partial charge in [-0.25, -0.2) is 4.98 Å². The van der Waals surface area contributed by atoms with E-state index >= 15 is 0 Å². The molecule has 0 N–H and O–H groups in total. The molecule has 100 valence electrons. The Bertz CT molecular complexity index is 797. The van der Waals surface area contributed by atoms with Crippen LogP contribution < -0.4 is 0 Å². The van der Waals surface area contributed by atoms with Crippen molar-refractivity contribution in [3.05, 3.63) is 64.4 Å². The van der Waals surface area contributed by atoms with E-state index in [2.05, 4.69) is 4.98 Å². The van der Waals surface area contributed by atoms with Crippen LogP contribution in [0.3, 0.4) is 0 Å². The molecule has 0 unspecified atom stereocenters. The van der Waals surface area contributed by atoms with Gasteiger partial charge in [-0.15, -0.1) is 11.3 Å². The topological polar surface area (TPSA) is 34.4 Å². The molecule has 0 saturated heterocycles. The standard InChI is InChI=1S/C16H14N2OS/c1-11-12(2)20-16-17-10-14(18(11)16)15(19)9-8-13-6-4-3-5-7-13/h3-10H,1-2H3/b9-8+. The molecular formula is C16H14N2OS. The fourth-order valence-corrected chi connectivity index (χ4v) is 3.04. The first-order valence-corrected chi connectivity index (χ1v) is 7.19. The lowest BCUT2D eigenvalue weighted by atomic mass is 10.2. The Kier molecular flexibility index (Phi) is 3.24. The Morgan fingerprint density at radius 1 is 1.25 bits per heavy atom. The van der Waals surface area contributed by atoms with Crippen molar-refractivity contribution in [2.45, 2.75) is 13.8 Å². The van der Waals surface area contributed by atoms with Crippen molar-refractivity contribution in [3.63, 3.8) is 0 Å². The van der Waals surface area contributed by atoms with Crippen LogP contribution in [0.2, 0.25) is 0 Å². The first-order chi connectivity index (χ1) is 9.66. The van der Waals surface area contributed by atoms with Gasteiger partial charge in [-0.2, -0.15) is 0 Å². The zero-order valence-electron chi connectivity index (χ0n) is 11.3. The molecule has 0 amide bonds. The van der Waals surface area contributed by atoms with E-state index in [1.807, 2.05) is 54.7 Å². The van der Waals surface area contributed by atoms with Crippen LogP contribution in [0.1, 0.15) is 26.6 Å². The second-order valence-electron chi connectivity index (χ2n) is 4.61. The largest absolute Gasteiger partial charge is 0.288 e. The van der Waals surface area contributed by atoms with Gasteiger partial charge in [-0.1, -0.05) is 36.4 Å². The van der Waals surface area contributed by atoms with Crippen molar-refractivity contribution >= 4 is 28.2 Å². The van der Waals surface area contributed by atoms with Gasteiger partial charge in [-0.05, 0) is 25.5 Å². The molecule has 4 heteroatoms. The number of aryl methyl sites for hydroxylation is 2. The lowest BCUT2D eigenvalue weighted by Crippen LogP contribution is -2.00. The average Bonchev–Trinajstić information content (AvgIpc) is 2.99. The fraction of sp³-hybridized carbons (Fsp3) is 0.125. The Morgan fingerprint density at radius 2 is 2.00 bits per heavy atom. The zero-order chi connectivity index (χ0) is 14.1. The highest BCUT2D eigenvalue weighted by atomic mass is 32.1. The summed E-state index contributed by atoms with van der Waals surface area (Å²) in [5, 5.41) is 0. The molecule has 3 nitrogen and oxygen atoms in total. The predicted molar refractivity (Wildman–Crippen MR) is 82.3 cm³/mol. The Balaban J connectivity index is 1.95. The Morgan fingerprint density at radius 3 is 2.75 bits per heavy atom. The number of thiazole rings is 1. The van der Waals surface area contributed by atoms with Crippen LogP contribution in [0, 0.1) is 13.8 Å². The van der Waals surface area contributed by atoms with Crippen LogP contribution in [0.25, 0.3) is 11.0 Å². The molecule has 0 aliphatic carbocycles. The number of hydrogen-bond donors (Lipinski definition) is 0. The smallest absolute Gasteiger partial charge is 0.204 e. The fourth-order valence-electron chi connectivity index (χ4n) is 2.09. The number of allylic oxidation sites excluding steroid dienone is 1. The van der Waals surface area contributed by atoms with Crippen molar-refractivity contribution in [1.82, 2.24) is 9.38 Å². The third-order valence-corrected chi connectivity index (χ3v) is 4.37. The summed E-state index contributed by atoms with van der Waals surface area (Å²) in [6.45, 7) is 4.06. The summed E-state index contributed by atoms with van der Waals surface area (Å²) < 4.78 is 1.93. The molecular weight excluding hydrogens is 268 g/mol. The van der Waals surface area contributed by atoms with E-state index in [0.717, 1.165) is 16.2 Å². The van der Waals surface area contributed by atoms with Gasteiger partial charge in [0.2, 0.25) is 5.78 Å². The number of carbonyl (C=O) groups excluding carboxylic acids is 1. The predicted octanol–water partition coefficient (Wildman–Crippen LogP) is 3.91. The summed E-state index contributed by atoms with van der Waals surface area (Å²) >= 11 is 1.61. The molecule has 3 aromatic rings. The molecule has 20 heavy (non-hydrogen) atoms. The van der Waals surface area contributed by atoms with Crippen LogP contribution in [0.4, 0.5) is 0 Å². The highest BCUT2D eigenvalue weighted by Crippen LogP contribution is 2.23. The number of aromatic nitrogens is 2. The molecule has 0 saturated carbocycles. The van der Waals surface area contributed by atoms with Gasteiger partial charge in [0, 0.05) is 10.6 Å². The summed E-state index contributed by atoms with van der Waals surface area (Å²) in [6, 6.07) is 9.80. The molecule has 0 aliphatic rings. The quantitative estimate of drug-likeness (QED) is 0.539. The molecule has 3 rings (SSSR count). The second-order valence-corrected chi connectivity index (χ2v) is 5.79. The average molecular weight is 282 g/mol. The summed E-state index contributed by atoms with van der Waals surface area (Å²) in [5.41, 5.74) is 2.72. The lowest BCUT2D eigenvalue weighted by Gasteiger charge is -1.97. The van der Waals surface area contributed by atoms with Crippen molar-refractivity contribution in [3.8, 4) is 0 Å². The monoisotopic (exact) mass is 282 g/mol. The summed E-state index contributed by atoms with van der Waals surface area (Å²) in [5.74, 6) is -0.0257. The maximum atomic E-state index is 12.3. The van der Waals surface area contributed by atoms with Gasteiger partial charge < -0.3 is 0 Å². The molecule has 0 atom stereocenters. The number of rotatable bonds is 3. The number of carbonyl (C=O) groups is 1. The molecule has 2 aromatic heterocycles. The van der Waals surface area contributed by atoms with Gasteiger partial charge in [0.15, 0.2) is 4.96 Å². The van der Waals surface area contributed by atoms with E-state index in [9.17, 15) is 4.79 Å². The van der Waals surface area contributed by atoms with Crippen molar-refractivity contribution in [2.75, 3.05) is 0 Å². The lowest BCUT2D eigenvalue weighted by molar-refractivity contribution is 0.104. The van der Waals surface area contributed by atoms with Gasteiger partial charge in [-0.3, -0.25) is 9.20 Å². The molecule has 0 fully saturated rings. The van der Waals surface area contributed by atoms with E-state index in [0.29, 0.717) is 5.69 Å². The van der Waals surface area contributed by atoms with Crippen LogP contribution in [0.15, 0.2) is 42.6 Å². The number of ketones is 1. The number of hydrogen-bond acceptors (Lipinski definition) is 3. The van der Waals surface area contributed by atoms with Crippen molar-refractivity contribution in [2.24, 2.45) is 0 Å². The van der Waals surface area contributed by atoms with Gasteiger partial charge in [0.25, 0.3) is 0 Å². The van der Waals surface area contributed by atoms with E-state index in [-0.39, 0.29) is 5.78 Å². The maximum Gasteiger partial charge on any atom is 0.204 e. The minimum Gasteiger partial charge on any atom is -0.288 e. The third-order valence-electron chi connectivity index (χ3n) is 3.30. The van der Waals surface area contributed by atoms with Crippen LogP contribution in [0.5, 0.6) is 0 Å². The van der Waals surface area contributed by atoms with Gasteiger partial charge in [0.1, 0.15) is 5.69 Å². The van der Waals surface area contributed by atoms with Crippen molar-refractivity contribution < 1.29 is 4.79 Å². The van der Waals surface area contributed by atoms with Crippen LogP contribution >= 0.6 is 11.3 Å². The minimum absolute atomic E-state index is 0.0257. The highest BCUT2D eigenvalue weighted by Gasteiger charge is 2.14. The number of benzene rings is 1. The molecule has 0 radical (unpaired) electrons. The molecule has 1 aromatic carbocycles. The van der Waals surface area contributed by atoms with E-state index in [1.54, 1.807) is 23.6 Å². The second kappa shape index (κ2) is 5.06. The van der Waals surface area contributed by atoms with E-state index in [4.69, 9.17) is 0 Å². The third kappa shape index (κ3) is 2.18. The van der Waals surface area contributed by atoms with E-state index in [1.165, 1.54) is 4.88 Å². The molecule has 0 bridgehead atoms. The molecule has 2 heterocycles. The highest BCUT2D eigenvalue weighted by molar-refractivity contribution is 7.17. The van der Waals surface area contributed by atoms with Crippen LogP contribution in [-0.4, -0.2) is 15.2 Å². The summed E-state index contributed by atoms with van der Waals surface area (Å²) in [4.78, 5) is 18.7. The number of fused-ring (bicyclic) bond motifs is 1. The Hall–Kier alpha value is -2.20. The number of nitrogens with zero attached hydrogens (tertiary/aromatic N) is 2. The van der Waals surface area contributed by atoms with E-state index < -0.39 is 0 Å². The SMILES string of the molecule is Cc1sc2ncc(C(=O)/C=C/c3ccccc3)n2c1C. The Labute approximate surface area is 121 Å².